The van der Waals surface area contributed by atoms with E-state index >= 15 is 0 Å². The fraction of sp³-hybridized carbons (Fsp3) is 0.444. The van der Waals surface area contributed by atoms with Crippen LogP contribution in [0.1, 0.15) is 41.8 Å². The van der Waals surface area contributed by atoms with Crippen molar-refractivity contribution in [2.24, 2.45) is 10.7 Å². The van der Waals surface area contributed by atoms with E-state index in [-0.39, 0.29) is 0 Å². The van der Waals surface area contributed by atoms with Crippen LogP contribution in [-0.4, -0.2) is 17.5 Å². The summed E-state index contributed by atoms with van der Waals surface area (Å²) in [5.41, 5.74) is 9.73. The number of guanidine groups is 1. The van der Waals surface area contributed by atoms with E-state index in [1.165, 1.54) is 16.0 Å². The third-order valence-electron chi connectivity index (χ3n) is 3.81. The molecular weight excluding hydrogens is 304 g/mol. The lowest BCUT2D eigenvalue weighted by Gasteiger charge is -2.14. The lowest BCUT2D eigenvalue weighted by Crippen LogP contribution is -2.24. The monoisotopic (exact) mass is 330 g/mol. The van der Waals surface area contributed by atoms with Crippen LogP contribution in [0.5, 0.6) is 0 Å². The van der Waals surface area contributed by atoms with Gasteiger partial charge in [0.15, 0.2) is 5.96 Å². The van der Waals surface area contributed by atoms with Crippen LogP contribution in [0.2, 0.25) is 0 Å². The zero-order chi connectivity index (χ0) is 16.7. The van der Waals surface area contributed by atoms with Gasteiger partial charge >= 0.3 is 0 Å². The van der Waals surface area contributed by atoms with Gasteiger partial charge in [-0.15, -0.1) is 11.3 Å². The van der Waals surface area contributed by atoms with Gasteiger partial charge in [0.1, 0.15) is 0 Å². The molecule has 5 heteroatoms. The largest absolute Gasteiger partial charge is 0.370 e. The Morgan fingerprint density at radius 3 is 2.43 bits per heavy atom. The molecule has 0 aliphatic rings. The molecule has 23 heavy (non-hydrogen) atoms. The smallest absolute Gasteiger partial charge is 0.193 e. The highest BCUT2D eigenvalue weighted by Crippen LogP contribution is 2.22. The third kappa shape index (κ3) is 4.79. The number of hydrogen-bond donors (Lipinski definition) is 2. The zero-order valence-corrected chi connectivity index (χ0v) is 15.0. The Hall–Kier alpha value is -1.88. The minimum atomic E-state index is 0.480. The van der Waals surface area contributed by atoms with Gasteiger partial charge in [-0.2, -0.15) is 0 Å². The van der Waals surface area contributed by atoms with Crippen LogP contribution in [0.25, 0.3) is 0 Å². The van der Waals surface area contributed by atoms with Crippen molar-refractivity contribution in [2.75, 3.05) is 11.9 Å². The summed E-state index contributed by atoms with van der Waals surface area (Å²) in [6.07, 6.45) is 5.78. The van der Waals surface area contributed by atoms with Crippen LogP contribution in [0.3, 0.4) is 0 Å². The first kappa shape index (κ1) is 17.5. The van der Waals surface area contributed by atoms with E-state index in [9.17, 15) is 0 Å². The van der Waals surface area contributed by atoms with E-state index in [1.807, 2.05) is 6.20 Å². The number of nitrogens with two attached hydrogens (primary N) is 1. The molecule has 2 rings (SSSR count). The van der Waals surface area contributed by atoms with E-state index in [0.717, 1.165) is 36.4 Å². The van der Waals surface area contributed by atoms with Gasteiger partial charge < -0.3 is 11.1 Å². The minimum absolute atomic E-state index is 0.480. The molecule has 1 heterocycles. The molecule has 124 valence electrons. The Morgan fingerprint density at radius 2 is 1.87 bits per heavy atom. The van der Waals surface area contributed by atoms with Gasteiger partial charge in [-0.1, -0.05) is 39.0 Å². The van der Waals surface area contributed by atoms with Gasteiger partial charge in [-0.3, -0.25) is 4.99 Å². The van der Waals surface area contributed by atoms with Crippen molar-refractivity contribution in [2.45, 2.75) is 46.5 Å². The fourth-order valence-corrected chi connectivity index (χ4v) is 3.32. The van der Waals surface area contributed by atoms with Crippen LogP contribution in [0.15, 0.2) is 29.4 Å². The summed E-state index contributed by atoms with van der Waals surface area (Å²) < 4.78 is 0. The summed E-state index contributed by atoms with van der Waals surface area (Å²) in [6.45, 7) is 7.11. The maximum absolute atomic E-state index is 6.07. The maximum Gasteiger partial charge on any atom is 0.193 e. The molecule has 0 aliphatic heterocycles. The van der Waals surface area contributed by atoms with Crippen molar-refractivity contribution in [3.63, 3.8) is 0 Å². The molecule has 2 aromatic rings. The van der Waals surface area contributed by atoms with Crippen LogP contribution >= 0.6 is 11.3 Å². The highest BCUT2D eigenvalue weighted by molar-refractivity contribution is 7.11. The van der Waals surface area contributed by atoms with Crippen molar-refractivity contribution >= 4 is 23.0 Å². The number of aliphatic imine (C=N–C) groups is 1. The van der Waals surface area contributed by atoms with Gasteiger partial charge in [0.2, 0.25) is 0 Å². The molecule has 0 unspecified atom stereocenters. The van der Waals surface area contributed by atoms with E-state index < -0.39 is 0 Å². The second-order valence-electron chi connectivity index (χ2n) is 5.37. The fourth-order valence-electron chi connectivity index (χ4n) is 2.47. The average Bonchev–Trinajstić information content (AvgIpc) is 3.03. The lowest BCUT2D eigenvalue weighted by atomic mass is 10.0. The molecule has 3 N–H and O–H groups in total. The number of aromatic nitrogens is 1. The zero-order valence-electron chi connectivity index (χ0n) is 14.2. The summed E-state index contributed by atoms with van der Waals surface area (Å²) >= 11 is 1.76. The van der Waals surface area contributed by atoms with Gasteiger partial charge in [0, 0.05) is 29.7 Å². The SMILES string of the molecule is CCc1cnc(CCN=C(N)Nc2c(CC)cccc2CC)s1. The van der Waals surface area contributed by atoms with Gasteiger partial charge in [-0.05, 0) is 30.4 Å². The molecule has 0 radical (unpaired) electrons. The van der Waals surface area contributed by atoms with Gasteiger partial charge in [0.05, 0.1) is 5.01 Å². The second-order valence-corrected chi connectivity index (χ2v) is 6.57. The van der Waals surface area contributed by atoms with Crippen LogP contribution in [0, 0.1) is 0 Å². The summed E-state index contributed by atoms with van der Waals surface area (Å²) in [4.78, 5) is 10.2. The average molecular weight is 331 g/mol. The highest BCUT2D eigenvalue weighted by atomic mass is 32.1. The number of rotatable bonds is 7. The summed E-state index contributed by atoms with van der Waals surface area (Å²) in [7, 11) is 0. The first-order valence-electron chi connectivity index (χ1n) is 8.29. The number of nitrogens with one attached hydrogen (secondary N) is 1. The first-order valence-corrected chi connectivity index (χ1v) is 9.10. The topological polar surface area (TPSA) is 63.3 Å². The molecule has 1 aromatic carbocycles. The number of benzene rings is 1. The summed E-state index contributed by atoms with van der Waals surface area (Å²) in [5.74, 6) is 0.480. The van der Waals surface area contributed by atoms with E-state index in [1.54, 1.807) is 11.3 Å². The van der Waals surface area contributed by atoms with Crippen molar-refractivity contribution in [3.05, 3.63) is 45.4 Å². The van der Waals surface area contributed by atoms with Crippen molar-refractivity contribution < 1.29 is 0 Å². The molecule has 0 saturated carbocycles. The maximum atomic E-state index is 6.07. The molecular formula is C18H26N4S. The molecule has 0 bridgehead atoms. The predicted octanol–water partition coefficient (Wildman–Crippen LogP) is 3.80. The normalized spacial score (nSPS) is 11.7. The molecule has 0 aliphatic carbocycles. The summed E-state index contributed by atoms with van der Waals surface area (Å²) in [6, 6.07) is 6.37. The minimum Gasteiger partial charge on any atom is -0.370 e. The predicted molar refractivity (Wildman–Crippen MR) is 101 cm³/mol. The van der Waals surface area contributed by atoms with Crippen LogP contribution in [-0.2, 0) is 25.7 Å². The van der Waals surface area contributed by atoms with Crippen molar-refractivity contribution in [3.8, 4) is 0 Å². The molecule has 0 amide bonds. The molecule has 0 saturated heterocycles. The van der Waals surface area contributed by atoms with Crippen LogP contribution < -0.4 is 11.1 Å². The summed E-state index contributed by atoms with van der Waals surface area (Å²) in [5, 5.41) is 4.42. The molecule has 1 aromatic heterocycles. The number of anilines is 1. The molecule has 0 spiro atoms. The number of para-hydroxylation sites is 1. The Bertz CT molecular complexity index is 639. The molecule has 4 nitrogen and oxygen atoms in total. The standard InChI is InChI=1S/C18H26N4S/c1-4-13-8-7-9-14(5-2)17(13)22-18(19)20-11-10-16-21-12-15(6-3)23-16/h7-9,12H,4-6,10-11H2,1-3H3,(H3,19,20,22). The lowest BCUT2D eigenvalue weighted by molar-refractivity contribution is 0.948. The van der Waals surface area contributed by atoms with E-state index in [2.05, 4.69) is 54.3 Å². The number of thiazole rings is 1. The van der Waals surface area contributed by atoms with Crippen molar-refractivity contribution in [1.82, 2.24) is 4.98 Å². The van der Waals surface area contributed by atoms with Crippen molar-refractivity contribution in [1.29, 1.82) is 0 Å². The highest BCUT2D eigenvalue weighted by Gasteiger charge is 2.07. The number of hydrogen-bond acceptors (Lipinski definition) is 3. The molecule has 0 atom stereocenters. The van der Waals surface area contributed by atoms with Crippen LogP contribution in [0.4, 0.5) is 5.69 Å². The second kappa shape index (κ2) is 8.67. The Balaban J connectivity index is 1.99. The van der Waals surface area contributed by atoms with Gasteiger partial charge in [-0.25, -0.2) is 4.98 Å². The van der Waals surface area contributed by atoms with Gasteiger partial charge in [0.25, 0.3) is 0 Å². The Morgan fingerprint density at radius 1 is 1.17 bits per heavy atom. The van der Waals surface area contributed by atoms with E-state index in [4.69, 9.17) is 5.73 Å². The van der Waals surface area contributed by atoms with E-state index in [0.29, 0.717) is 12.5 Å². The number of aryl methyl sites for hydroxylation is 3. The number of nitrogens with zero attached hydrogens (tertiary/aromatic N) is 2. The first-order chi connectivity index (χ1) is 11.2. The Labute approximate surface area is 142 Å². The quantitative estimate of drug-likeness (QED) is 0.599. The third-order valence-corrected chi connectivity index (χ3v) is 5.01. The molecule has 0 fully saturated rings. The Kier molecular flexibility index (Phi) is 6.59.